The number of nitrogens with zero attached hydrogens (tertiary/aromatic N) is 1. The Hall–Kier alpha value is -0.0800. The maximum Gasteiger partial charge on any atom is 0.0954 e. The molecule has 1 heterocycles. The fraction of sp³-hybridized carbons (Fsp3) is 1.00. The lowest BCUT2D eigenvalue weighted by atomic mass is 10.00. The van der Waals surface area contributed by atoms with Gasteiger partial charge in [-0.15, -0.1) is 0 Å². The van der Waals surface area contributed by atoms with E-state index in [0.717, 1.165) is 37.9 Å². The van der Waals surface area contributed by atoms with E-state index in [4.69, 9.17) is 0 Å². The average Bonchev–Trinajstić information content (AvgIpc) is 2.53. The largest absolute Gasteiger partial charge is 0.300 e. The first-order valence-electron chi connectivity index (χ1n) is 5.67. The Morgan fingerprint density at radius 2 is 1.77 bits per heavy atom. The minimum Gasteiger partial charge on any atom is -0.300 e. The molecule has 1 saturated carbocycles. The Morgan fingerprint density at radius 3 is 2.31 bits per heavy atom. The summed E-state index contributed by atoms with van der Waals surface area (Å²) in [5.74, 6) is 0.864. The summed E-state index contributed by atoms with van der Waals surface area (Å²) < 4.78 is 0. The topological polar surface area (TPSA) is 23.1 Å². The van der Waals surface area contributed by atoms with Gasteiger partial charge in [0.25, 0.3) is 0 Å². The van der Waals surface area contributed by atoms with Crippen molar-refractivity contribution in [2.75, 3.05) is 13.1 Å². The van der Waals surface area contributed by atoms with Crippen molar-refractivity contribution in [1.82, 2.24) is 4.90 Å². The van der Waals surface area contributed by atoms with E-state index in [9.17, 15) is 5.11 Å². The van der Waals surface area contributed by atoms with Gasteiger partial charge in [-0.25, -0.2) is 5.11 Å². The molecule has 2 fully saturated rings. The van der Waals surface area contributed by atoms with E-state index in [0.29, 0.717) is 0 Å². The van der Waals surface area contributed by atoms with E-state index in [1.165, 1.54) is 19.3 Å². The Kier molecular flexibility index (Phi) is 2.89. The van der Waals surface area contributed by atoms with Gasteiger partial charge < -0.3 is 0 Å². The first-order chi connectivity index (χ1) is 6.27. The summed E-state index contributed by atoms with van der Waals surface area (Å²) in [4.78, 5) is 2.56. The molecule has 0 bridgehead atoms. The summed E-state index contributed by atoms with van der Waals surface area (Å²) >= 11 is 0. The molecule has 0 aromatic heterocycles. The first-order valence-corrected chi connectivity index (χ1v) is 5.67. The third-order valence-corrected chi connectivity index (χ3v) is 3.76. The molecule has 1 radical (unpaired) electrons. The molecule has 0 N–H and O–H groups in total. The zero-order valence-corrected chi connectivity index (χ0v) is 8.54. The van der Waals surface area contributed by atoms with Gasteiger partial charge in [-0.05, 0) is 31.6 Å². The van der Waals surface area contributed by atoms with Crippen molar-refractivity contribution in [2.45, 2.75) is 51.2 Å². The summed E-state index contributed by atoms with van der Waals surface area (Å²) in [5, 5.41) is 11.2. The van der Waals surface area contributed by atoms with Crippen molar-refractivity contribution in [3.63, 3.8) is 0 Å². The standard InChI is InChI=1S/C11H20NO/c1-9-3-2-4-11(9)12-7-5-10(13)6-8-12/h9-11H,2-8H2,1H3. The smallest absolute Gasteiger partial charge is 0.0954 e. The highest BCUT2D eigenvalue weighted by molar-refractivity contribution is 4.85. The highest BCUT2D eigenvalue weighted by Gasteiger charge is 2.31. The zero-order valence-electron chi connectivity index (χ0n) is 8.54. The van der Waals surface area contributed by atoms with Crippen molar-refractivity contribution >= 4 is 0 Å². The lowest BCUT2D eigenvalue weighted by molar-refractivity contribution is 0.0104. The molecule has 2 rings (SSSR count). The lowest BCUT2D eigenvalue weighted by Gasteiger charge is -2.35. The van der Waals surface area contributed by atoms with E-state index in [2.05, 4.69) is 11.8 Å². The second-order valence-electron chi connectivity index (χ2n) is 4.71. The fourth-order valence-corrected chi connectivity index (χ4v) is 2.88. The number of hydrogen-bond donors (Lipinski definition) is 0. The summed E-state index contributed by atoms with van der Waals surface area (Å²) in [5.41, 5.74) is 0. The second-order valence-corrected chi connectivity index (χ2v) is 4.71. The van der Waals surface area contributed by atoms with Gasteiger partial charge >= 0.3 is 0 Å². The number of likely N-dealkylation sites (tertiary alicyclic amines) is 1. The number of piperidine rings is 1. The zero-order chi connectivity index (χ0) is 9.26. The maximum absolute atomic E-state index is 11.2. The molecule has 75 valence electrons. The van der Waals surface area contributed by atoms with Crippen LogP contribution in [0, 0.1) is 5.92 Å². The number of hydrogen-bond acceptors (Lipinski definition) is 1. The third kappa shape index (κ3) is 2.05. The van der Waals surface area contributed by atoms with Crippen molar-refractivity contribution in [2.24, 2.45) is 5.92 Å². The van der Waals surface area contributed by atoms with Gasteiger partial charge in [-0.3, -0.25) is 4.90 Å². The molecule has 1 saturated heterocycles. The average molecular weight is 182 g/mol. The quantitative estimate of drug-likeness (QED) is 0.609. The van der Waals surface area contributed by atoms with Crippen molar-refractivity contribution in [1.29, 1.82) is 0 Å². The molecule has 0 aromatic rings. The Labute approximate surface area is 80.9 Å². The summed E-state index contributed by atoms with van der Waals surface area (Å²) in [7, 11) is 0. The van der Waals surface area contributed by atoms with Crippen LogP contribution in [0.25, 0.3) is 0 Å². The molecule has 2 atom stereocenters. The van der Waals surface area contributed by atoms with E-state index >= 15 is 0 Å². The van der Waals surface area contributed by atoms with Gasteiger partial charge in [-0.2, -0.15) is 0 Å². The first kappa shape index (κ1) is 9.47. The minimum absolute atomic E-state index is 0.270. The van der Waals surface area contributed by atoms with Crippen LogP contribution in [0.2, 0.25) is 0 Å². The summed E-state index contributed by atoms with van der Waals surface area (Å²) in [6.07, 6.45) is 5.63. The van der Waals surface area contributed by atoms with Crippen molar-refractivity contribution in [3.05, 3.63) is 0 Å². The molecule has 2 aliphatic rings. The summed E-state index contributed by atoms with van der Waals surface area (Å²) in [6.45, 7) is 4.48. The molecule has 1 aliphatic carbocycles. The van der Waals surface area contributed by atoms with Crippen LogP contribution in [0.15, 0.2) is 0 Å². The van der Waals surface area contributed by atoms with Crippen LogP contribution in [-0.2, 0) is 5.11 Å². The molecule has 0 amide bonds. The molecule has 2 nitrogen and oxygen atoms in total. The predicted octanol–water partition coefficient (Wildman–Crippen LogP) is 2.07. The third-order valence-electron chi connectivity index (χ3n) is 3.76. The van der Waals surface area contributed by atoms with E-state index in [1.807, 2.05) is 0 Å². The highest BCUT2D eigenvalue weighted by Crippen LogP contribution is 2.31. The van der Waals surface area contributed by atoms with Gasteiger partial charge in [0.1, 0.15) is 0 Å². The van der Waals surface area contributed by atoms with Crippen LogP contribution in [0.1, 0.15) is 39.0 Å². The molecule has 13 heavy (non-hydrogen) atoms. The van der Waals surface area contributed by atoms with Crippen LogP contribution < -0.4 is 0 Å². The van der Waals surface area contributed by atoms with E-state index in [1.54, 1.807) is 0 Å². The maximum atomic E-state index is 11.2. The van der Waals surface area contributed by atoms with Crippen LogP contribution >= 0.6 is 0 Å². The van der Waals surface area contributed by atoms with Crippen LogP contribution in [-0.4, -0.2) is 30.1 Å². The van der Waals surface area contributed by atoms with Gasteiger partial charge in [0.05, 0.1) is 6.10 Å². The molecular formula is C11H20NO. The Bertz CT molecular complexity index is 163. The van der Waals surface area contributed by atoms with Crippen molar-refractivity contribution < 1.29 is 5.11 Å². The lowest BCUT2D eigenvalue weighted by Crippen LogP contribution is -2.43. The van der Waals surface area contributed by atoms with E-state index in [-0.39, 0.29) is 6.10 Å². The predicted molar refractivity (Wildman–Crippen MR) is 52.1 cm³/mol. The second kappa shape index (κ2) is 3.97. The monoisotopic (exact) mass is 182 g/mol. The minimum atomic E-state index is -0.270. The van der Waals surface area contributed by atoms with Crippen molar-refractivity contribution in [3.8, 4) is 0 Å². The molecule has 2 unspecified atom stereocenters. The van der Waals surface area contributed by atoms with Gasteiger partial charge in [0.2, 0.25) is 0 Å². The normalized spacial score (nSPS) is 38.3. The van der Waals surface area contributed by atoms with Gasteiger partial charge in [0.15, 0.2) is 0 Å². The van der Waals surface area contributed by atoms with Gasteiger partial charge in [-0.1, -0.05) is 13.3 Å². The van der Waals surface area contributed by atoms with Crippen LogP contribution in [0.3, 0.4) is 0 Å². The SMILES string of the molecule is CC1CCCC1N1CCC([O])CC1. The molecular weight excluding hydrogens is 162 g/mol. The Balaban J connectivity index is 1.86. The summed E-state index contributed by atoms with van der Waals surface area (Å²) in [6, 6.07) is 0.799. The molecule has 1 aliphatic heterocycles. The molecule has 0 spiro atoms. The van der Waals surface area contributed by atoms with E-state index < -0.39 is 0 Å². The molecule has 2 heteroatoms. The fourth-order valence-electron chi connectivity index (χ4n) is 2.88. The van der Waals surface area contributed by atoms with Gasteiger partial charge in [0, 0.05) is 19.1 Å². The number of rotatable bonds is 1. The van der Waals surface area contributed by atoms with Crippen LogP contribution in [0.4, 0.5) is 0 Å². The van der Waals surface area contributed by atoms with Crippen LogP contribution in [0.5, 0.6) is 0 Å². The Morgan fingerprint density at radius 1 is 1.08 bits per heavy atom. The molecule has 0 aromatic carbocycles. The highest BCUT2D eigenvalue weighted by atomic mass is 16.3.